The van der Waals surface area contributed by atoms with Crippen LogP contribution in [0.25, 0.3) is 22.5 Å². The molecule has 0 spiro atoms. The van der Waals surface area contributed by atoms with E-state index >= 15 is 0 Å². The molecular weight excluding hydrogens is 390 g/mol. The Bertz CT molecular complexity index is 1250. The fourth-order valence-electron chi connectivity index (χ4n) is 2.93. The zero-order valence-electron chi connectivity index (χ0n) is 15.2. The second-order valence-electron chi connectivity index (χ2n) is 6.27. The lowest BCUT2D eigenvalue weighted by molar-refractivity contribution is -0.142. The highest BCUT2D eigenvalue weighted by molar-refractivity contribution is 6.31. The number of aromatic nitrogens is 2. The zero-order valence-corrected chi connectivity index (χ0v) is 16.0. The van der Waals surface area contributed by atoms with Gasteiger partial charge >= 0.3 is 5.97 Å². The van der Waals surface area contributed by atoms with Crippen molar-refractivity contribution in [2.24, 2.45) is 0 Å². The smallest absolute Gasteiger partial charge is 0.331 e. The average Bonchev–Trinajstić information content (AvgIpc) is 3.05. The molecule has 0 aliphatic rings. The number of imidazole rings is 1. The van der Waals surface area contributed by atoms with E-state index in [0.717, 1.165) is 10.8 Å². The summed E-state index contributed by atoms with van der Waals surface area (Å²) in [6, 6.07) is 18.9. The van der Waals surface area contributed by atoms with Gasteiger partial charge in [0, 0.05) is 18.0 Å². The lowest BCUT2D eigenvalue weighted by Gasteiger charge is -2.06. The van der Waals surface area contributed by atoms with Gasteiger partial charge in [-0.3, -0.25) is 9.20 Å². The molecule has 7 heteroatoms. The maximum atomic E-state index is 12.1. The Morgan fingerprint density at radius 2 is 1.86 bits per heavy atom. The Balaban J connectivity index is 1.35. The summed E-state index contributed by atoms with van der Waals surface area (Å²) >= 11 is 6.11. The van der Waals surface area contributed by atoms with Crippen LogP contribution < -0.4 is 5.32 Å². The first-order chi connectivity index (χ1) is 14.1. The van der Waals surface area contributed by atoms with Crippen LogP contribution in [-0.4, -0.2) is 27.9 Å². The number of rotatable bonds is 5. The van der Waals surface area contributed by atoms with Crippen LogP contribution in [0, 0.1) is 0 Å². The number of hydrogen-bond acceptors (Lipinski definition) is 4. The van der Waals surface area contributed by atoms with Crippen molar-refractivity contribution in [2.75, 3.05) is 11.9 Å². The predicted octanol–water partition coefficient (Wildman–Crippen LogP) is 4.34. The van der Waals surface area contributed by atoms with Crippen molar-refractivity contribution in [1.29, 1.82) is 0 Å². The molecule has 0 bridgehead atoms. The Morgan fingerprint density at radius 3 is 2.72 bits per heavy atom. The van der Waals surface area contributed by atoms with Crippen LogP contribution in [-0.2, 0) is 14.3 Å². The molecule has 0 radical (unpaired) electrons. The van der Waals surface area contributed by atoms with Crippen molar-refractivity contribution in [2.45, 2.75) is 0 Å². The van der Waals surface area contributed by atoms with Gasteiger partial charge in [0.05, 0.1) is 5.69 Å². The summed E-state index contributed by atoms with van der Waals surface area (Å²) in [4.78, 5) is 28.2. The minimum atomic E-state index is -0.652. The van der Waals surface area contributed by atoms with E-state index < -0.39 is 18.5 Å². The minimum Gasteiger partial charge on any atom is -0.452 e. The summed E-state index contributed by atoms with van der Waals surface area (Å²) in [5, 5.41) is 5.08. The maximum absolute atomic E-state index is 12.1. The molecule has 144 valence electrons. The van der Waals surface area contributed by atoms with Crippen LogP contribution in [0.3, 0.4) is 0 Å². The fraction of sp³-hybridized carbons (Fsp3) is 0.0455. The Labute approximate surface area is 171 Å². The number of nitrogens with one attached hydrogen (secondary N) is 1. The van der Waals surface area contributed by atoms with E-state index in [0.29, 0.717) is 17.0 Å². The molecule has 4 rings (SSSR count). The maximum Gasteiger partial charge on any atom is 0.331 e. The monoisotopic (exact) mass is 405 g/mol. The van der Waals surface area contributed by atoms with Gasteiger partial charge in [0.25, 0.3) is 5.91 Å². The van der Waals surface area contributed by atoms with E-state index in [4.69, 9.17) is 16.3 Å². The molecule has 0 fully saturated rings. The van der Waals surface area contributed by atoms with E-state index in [1.807, 2.05) is 48.5 Å². The third kappa shape index (κ3) is 4.28. The number of fused-ring (bicyclic) bond motifs is 2. The molecule has 0 aliphatic carbocycles. The van der Waals surface area contributed by atoms with E-state index in [1.54, 1.807) is 22.7 Å². The Kier molecular flexibility index (Phi) is 5.27. The highest BCUT2D eigenvalue weighted by Gasteiger charge is 2.09. The van der Waals surface area contributed by atoms with Crippen LogP contribution in [0.4, 0.5) is 5.69 Å². The largest absolute Gasteiger partial charge is 0.452 e. The molecule has 0 aliphatic heterocycles. The van der Waals surface area contributed by atoms with Crippen molar-refractivity contribution in [3.05, 3.63) is 83.8 Å². The number of pyridine rings is 1. The first-order valence-electron chi connectivity index (χ1n) is 8.86. The molecule has 6 nitrogen and oxygen atoms in total. The number of halogens is 1. The fourth-order valence-corrected chi connectivity index (χ4v) is 3.17. The molecule has 29 heavy (non-hydrogen) atoms. The van der Waals surface area contributed by atoms with Crippen molar-refractivity contribution in [3.63, 3.8) is 0 Å². The topological polar surface area (TPSA) is 72.7 Å². The van der Waals surface area contributed by atoms with Gasteiger partial charge in [0.2, 0.25) is 0 Å². The second kappa shape index (κ2) is 8.16. The summed E-state index contributed by atoms with van der Waals surface area (Å²) in [7, 11) is 0. The van der Waals surface area contributed by atoms with Crippen molar-refractivity contribution < 1.29 is 14.3 Å². The van der Waals surface area contributed by atoms with E-state index in [2.05, 4.69) is 10.3 Å². The SMILES string of the molecule is O=C(COC(=O)/C=C/c1c(Cl)nc2ccccn12)Nc1ccc2ccccc2c1. The molecule has 0 saturated heterocycles. The average molecular weight is 406 g/mol. The second-order valence-corrected chi connectivity index (χ2v) is 6.63. The van der Waals surface area contributed by atoms with Crippen molar-refractivity contribution in [1.82, 2.24) is 9.38 Å². The number of nitrogens with zero attached hydrogens (tertiary/aromatic N) is 2. The summed E-state index contributed by atoms with van der Waals surface area (Å²) < 4.78 is 6.75. The number of esters is 1. The highest BCUT2D eigenvalue weighted by Crippen LogP contribution is 2.20. The number of carbonyl (C=O) groups is 2. The molecule has 1 N–H and O–H groups in total. The first-order valence-corrected chi connectivity index (χ1v) is 9.24. The molecule has 2 heterocycles. The summed E-state index contributed by atoms with van der Waals surface area (Å²) in [5.41, 5.74) is 1.86. The number of carbonyl (C=O) groups excluding carboxylic acids is 2. The Hall–Kier alpha value is -3.64. The van der Waals surface area contributed by atoms with Crippen LogP contribution in [0.1, 0.15) is 5.69 Å². The lowest BCUT2D eigenvalue weighted by Crippen LogP contribution is -2.20. The van der Waals surface area contributed by atoms with Crippen molar-refractivity contribution in [3.8, 4) is 0 Å². The van der Waals surface area contributed by atoms with Gasteiger partial charge < -0.3 is 10.1 Å². The molecule has 0 atom stereocenters. The van der Waals surface area contributed by atoms with Gasteiger partial charge in [0.15, 0.2) is 11.8 Å². The molecule has 0 saturated carbocycles. The predicted molar refractivity (Wildman–Crippen MR) is 113 cm³/mol. The number of benzene rings is 2. The molecule has 2 aromatic heterocycles. The number of hydrogen-bond donors (Lipinski definition) is 1. The lowest BCUT2D eigenvalue weighted by atomic mass is 10.1. The van der Waals surface area contributed by atoms with Gasteiger partial charge in [-0.25, -0.2) is 9.78 Å². The van der Waals surface area contributed by atoms with Crippen LogP contribution in [0.15, 0.2) is 72.9 Å². The molecule has 4 aromatic rings. The van der Waals surface area contributed by atoms with Crippen LogP contribution in [0.2, 0.25) is 5.15 Å². The summed E-state index contributed by atoms with van der Waals surface area (Å²) in [6.07, 6.45) is 4.51. The van der Waals surface area contributed by atoms with E-state index in [1.165, 1.54) is 12.2 Å². The first kappa shape index (κ1) is 18.7. The van der Waals surface area contributed by atoms with Gasteiger partial charge in [-0.1, -0.05) is 48.0 Å². The zero-order chi connectivity index (χ0) is 20.2. The normalized spacial score (nSPS) is 11.2. The summed E-state index contributed by atoms with van der Waals surface area (Å²) in [6.45, 7) is -0.392. The Morgan fingerprint density at radius 1 is 1.07 bits per heavy atom. The summed E-state index contributed by atoms with van der Waals surface area (Å²) in [5.74, 6) is -1.07. The number of amides is 1. The van der Waals surface area contributed by atoms with Crippen LogP contribution >= 0.6 is 11.6 Å². The molecule has 0 unspecified atom stereocenters. The number of anilines is 1. The molecular formula is C22H16ClN3O3. The van der Waals surface area contributed by atoms with Crippen LogP contribution in [0.5, 0.6) is 0 Å². The van der Waals surface area contributed by atoms with Gasteiger partial charge in [0.1, 0.15) is 5.65 Å². The third-order valence-corrected chi connectivity index (χ3v) is 4.56. The standard InChI is InChI=1S/C22H16ClN3O3/c23-22-18(26-12-4-3-7-19(26)25-22)10-11-21(28)29-14-20(27)24-17-9-8-15-5-1-2-6-16(15)13-17/h1-13H,14H2,(H,24,27)/b11-10+. The molecule has 2 aromatic carbocycles. The van der Waals surface area contributed by atoms with E-state index in [9.17, 15) is 9.59 Å². The van der Waals surface area contributed by atoms with Gasteiger partial charge in [-0.15, -0.1) is 0 Å². The quantitative estimate of drug-likeness (QED) is 0.396. The third-order valence-electron chi connectivity index (χ3n) is 4.28. The van der Waals surface area contributed by atoms with Gasteiger partial charge in [-0.2, -0.15) is 0 Å². The van der Waals surface area contributed by atoms with E-state index in [-0.39, 0.29) is 5.15 Å². The minimum absolute atomic E-state index is 0.272. The van der Waals surface area contributed by atoms with Crippen molar-refractivity contribution >= 4 is 51.7 Å². The highest BCUT2D eigenvalue weighted by atomic mass is 35.5. The number of ether oxygens (including phenoxy) is 1. The van der Waals surface area contributed by atoms with Gasteiger partial charge in [-0.05, 0) is 41.1 Å². The molecule has 1 amide bonds.